The van der Waals surface area contributed by atoms with Gasteiger partial charge in [-0.15, -0.1) is 0 Å². The highest BCUT2D eigenvalue weighted by atomic mass is 32.1. The van der Waals surface area contributed by atoms with Gasteiger partial charge in [0.2, 0.25) is 0 Å². The van der Waals surface area contributed by atoms with Crippen LogP contribution in [-0.4, -0.2) is 72.4 Å². The van der Waals surface area contributed by atoms with Crippen LogP contribution in [0.3, 0.4) is 0 Å². The van der Waals surface area contributed by atoms with Crippen LogP contribution in [0.4, 0.5) is 21.6 Å². The third-order valence-electron chi connectivity index (χ3n) is 6.32. The number of carbonyl (C=O) groups excluding carboxylic acids is 2. The molecule has 2 aliphatic heterocycles. The van der Waals surface area contributed by atoms with Crippen molar-refractivity contribution in [3.63, 3.8) is 0 Å². The number of fused-ring (bicyclic) bond motifs is 1. The maximum Gasteiger partial charge on any atom is 0.404 e. The van der Waals surface area contributed by atoms with Crippen molar-refractivity contribution in [2.45, 2.75) is 31.3 Å². The molecule has 1 unspecified atom stereocenters. The molecule has 184 valence electrons. The average Bonchev–Trinajstić information content (AvgIpc) is 3.22. The van der Waals surface area contributed by atoms with E-state index in [0.717, 1.165) is 41.5 Å². The minimum absolute atomic E-state index is 0.166. The minimum atomic E-state index is -0.806. The van der Waals surface area contributed by atoms with Crippen molar-refractivity contribution in [3.8, 4) is 0 Å². The lowest BCUT2D eigenvalue weighted by atomic mass is 10.2. The first kappa shape index (κ1) is 22.0. The molecular weight excluding hydrogens is 474 g/mol. The Balaban J connectivity index is 1.20. The monoisotopic (exact) mass is 499 g/mol. The summed E-state index contributed by atoms with van der Waals surface area (Å²) in [5, 5.41) is 3.91. The van der Waals surface area contributed by atoms with Crippen molar-refractivity contribution in [2.24, 2.45) is 5.73 Å². The molecule has 0 spiro atoms. The van der Waals surface area contributed by atoms with Crippen LogP contribution in [-0.2, 0) is 9.47 Å². The van der Waals surface area contributed by atoms with Crippen molar-refractivity contribution in [1.29, 1.82) is 0 Å². The SMILES string of the molecule is NC(=O)OC1CCN(c2nc(C(=O)Nc3cc4sc(N5CCOCC5)nc4nc3C3CC3)co2)C1. The standard InChI is InChI=1S/C22H25N7O5S/c23-20(31)34-13-3-4-29(10-13)21-25-15(11-33-21)19(30)24-14-9-16-18(26-17(14)12-1-2-12)27-22(35-16)28-5-7-32-8-6-28/h9,11-13H,1-8,10H2,(H2,23,31)(H,24,30). The normalized spacial score (nSPS) is 20.4. The number of pyridine rings is 1. The number of hydrogen-bond donors (Lipinski definition) is 2. The number of rotatable bonds is 6. The Labute approximate surface area is 204 Å². The van der Waals surface area contributed by atoms with Crippen LogP contribution in [0.25, 0.3) is 10.3 Å². The third-order valence-corrected chi connectivity index (χ3v) is 7.37. The molecule has 2 amide bonds. The highest BCUT2D eigenvalue weighted by Gasteiger charge is 2.31. The summed E-state index contributed by atoms with van der Waals surface area (Å²) in [6.45, 7) is 3.98. The summed E-state index contributed by atoms with van der Waals surface area (Å²) < 4.78 is 16.9. The summed E-state index contributed by atoms with van der Waals surface area (Å²) >= 11 is 1.57. The molecule has 1 saturated carbocycles. The van der Waals surface area contributed by atoms with Crippen LogP contribution in [0.1, 0.15) is 41.4 Å². The Morgan fingerprint density at radius 2 is 1.94 bits per heavy atom. The molecule has 0 bridgehead atoms. The van der Waals surface area contributed by atoms with E-state index in [-0.39, 0.29) is 17.7 Å². The fraction of sp³-hybridized carbons (Fsp3) is 0.500. The number of aromatic nitrogens is 3. The number of ether oxygens (including phenoxy) is 2. The maximum atomic E-state index is 13.0. The lowest BCUT2D eigenvalue weighted by molar-refractivity contribution is 0.102. The van der Waals surface area contributed by atoms with Crippen molar-refractivity contribution >= 4 is 50.5 Å². The molecular formula is C22H25N7O5S. The molecule has 0 aromatic carbocycles. The second-order valence-corrected chi connectivity index (χ2v) is 9.89. The lowest BCUT2D eigenvalue weighted by Crippen LogP contribution is -2.36. The fourth-order valence-electron chi connectivity index (χ4n) is 4.39. The Morgan fingerprint density at radius 3 is 2.71 bits per heavy atom. The molecule has 5 heterocycles. The summed E-state index contributed by atoms with van der Waals surface area (Å²) in [4.78, 5) is 42.0. The van der Waals surface area contributed by atoms with Crippen LogP contribution >= 0.6 is 11.3 Å². The van der Waals surface area contributed by atoms with E-state index < -0.39 is 6.09 Å². The number of oxazole rings is 1. The summed E-state index contributed by atoms with van der Waals surface area (Å²) in [7, 11) is 0. The quantitative estimate of drug-likeness (QED) is 0.517. The van der Waals surface area contributed by atoms with Gasteiger partial charge in [-0.3, -0.25) is 4.79 Å². The Kier molecular flexibility index (Phi) is 5.65. The van der Waals surface area contributed by atoms with Gasteiger partial charge in [0, 0.05) is 32.0 Å². The molecule has 3 aliphatic rings. The van der Waals surface area contributed by atoms with E-state index in [1.807, 2.05) is 11.0 Å². The number of nitrogens with zero attached hydrogens (tertiary/aromatic N) is 5. The molecule has 0 radical (unpaired) electrons. The van der Waals surface area contributed by atoms with Gasteiger partial charge in [0.05, 0.1) is 35.8 Å². The van der Waals surface area contributed by atoms with Crippen LogP contribution in [0.5, 0.6) is 0 Å². The second kappa shape index (κ2) is 8.96. The van der Waals surface area contributed by atoms with Gasteiger partial charge in [-0.25, -0.2) is 9.78 Å². The first-order valence-electron chi connectivity index (χ1n) is 11.7. The van der Waals surface area contributed by atoms with Gasteiger partial charge < -0.3 is 34.7 Å². The van der Waals surface area contributed by atoms with Crippen LogP contribution in [0.2, 0.25) is 0 Å². The molecule has 3 aromatic heterocycles. The van der Waals surface area contributed by atoms with E-state index in [0.29, 0.717) is 56.0 Å². The summed E-state index contributed by atoms with van der Waals surface area (Å²) in [5.41, 5.74) is 7.52. The van der Waals surface area contributed by atoms with E-state index in [1.165, 1.54) is 6.26 Å². The van der Waals surface area contributed by atoms with Crippen molar-refractivity contribution in [1.82, 2.24) is 15.0 Å². The van der Waals surface area contributed by atoms with Gasteiger partial charge in [-0.1, -0.05) is 11.3 Å². The molecule has 12 nitrogen and oxygen atoms in total. The van der Waals surface area contributed by atoms with Gasteiger partial charge in [-0.2, -0.15) is 9.97 Å². The number of anilines is 3. The Hall–Kier alpha value is -3.45. The third kappa shape index (κ3) is 4.60. The predicted octanol–water partition coefficient (Wildman–Crippen LogP) is 2.32. The van der Waals surface area contributed by atoms with Gasteiger partial charge in [-0.05, 0) is 18.9 Å². The molecule has 35 heavy (non-hydrogen) atoms. The molecule has 2 saturated heterocycles. The van der Waals surface area contributed by atoms with Crippen LogP contribution < -0.4 is 20.9 Å². The molecule has 3 fully saturated rings. The van der Waals surface area contributed by atoms with Crippen molar-refractivity contribution in [2.75, 3.05) is 54.5 Å². The molecule has 13 heteroatoms. The number of primary amides is 1. The summed E-state index contributed by atoms with van der Waals surface area (Å²) in [6.07, 6.45) is 2.90. The molecule has 3 aromatic rings. The zero-order valence-electron chi connectivity index (χ0n) is 18.9. The highest BCUT2D eigenvalue weighted by molar-refractivity contribution is 7.22. The first-order chi connectivity index (χ1) is 17.0. The number of morpholine rings is 1. The second-order valence-electron chi connectivity index (χ2n) is 8.88. The molecule has 1 aliphatic carbocycles. The number of nitrogens with one attached hydrogen (secondary N) is 1. The first-order valence-corrected chi connectivity index (χ1v) is 12.5. The Morgan fingerprint density at radius 1 is 1.11 bits per heavy atom. The Bertz CT molecular complexity index is 1270. The van der Waals surface area contributed by atoms with E-state index in [1.54, 1.807) is 11.3 Å². The summed E-state index contributed by atoms with van der Waals surface area (Å²) in [6, 6.07) is 2.27. The van der Waals surface area contributed by atoms with Gasteiger partial charge in [0.1, 0.15) is 12.4 Å². The zero-order chi connectivity index (χ0) is 23.9. The minimum Gasteiger partial charge on any atom is -0.444 e. The van der Waals surface area contributed by atoms with E-state index in [9.17, 15) is 9.59 Å². The van der Waals surface area contributed by atoms with Crippen molar-refractivity contribution < 1.29 is 23.5 Å². The average molecular weight is 500 g/mol. The predicted molar refractivity (Wildman–Crippen MR) is 128 cm³/mol. The van der Waals surface area contributed by atoms with E-state index >= 15 is 0 Å². The number of carbonyl (C=O) groups is 2. The van der Waals surface area contributed by atoms with E-state index in [2.05, 4.69) is 15.2 Å². The van der Waals surface area contributed by atoms with Crippen LogP contribution in [0, 0.1) is 0 Å². The molecule has 6 rings (SSSR count). The van der Waals surface area contributed by atoms with Crippen molar-refractivity contribution in [3.05, 3.63) is 23.7 Å². The van der Waals surface area contributed by atoms with Gasteiger partial charge in [0.15, 0.2) is 16.5 Å². The molecule has 3 N–H and O–H groups in total. The number of thiazole rings is 1. The number of hydrogen-bond acceptors (Lipinski definition) is 11. The smallest absolute Gasteiger partial charge is 0.404 e. The lowest BCUT2D eigenvalue weighted by Gasteiger charge is -2.25. The largest absolute Gasteiger partial charge is 0.444 e. The number of nitrogens with two attached hydrogens (primary N) is 1. The molecule has 1 atom stereocenters. The zero-order valence-corrected chi connectivity index (χ0v) is 19.8. The fourth-order valence-corrected chi connectivity index (χ4v) is 5.39. The highest BCUT2D eigenvalue weighted by Crippen LogP contribution is 2.44. The van der Waals surface area contributed by atoms with Crippen LogP contribution in [0.15, 0.2) is 16.7 Å². The topological polar surface area (TPSA) is 149 Å². The maximum absolute atomic E-state index is 13.0. The number of amides is 2. The van der Waals surface area contributed by atoms with Gasteiger partial charge in [0.25, 0.3) is 11.9 Å². The summed E-state index contributed by atoms with van der Waals surface area (Å²) in [5.74, 6) is -0.0482. The van der Waals surface area contributed by atoms with Gasteiger partial charge >= 0.3 is 6.09 Å². The van der Waals surface area contributed by atoms with E-state index in [4.69, 9.17) is 29.6 Å².